The largest absolute Gasteiger partial charge is 0.313 e. The van der Waals surface area contributed by atoms with Crippen molar-refractivity contribution < 1.29 is 0 Å². The van der Waals surface area contributed by atoms with Crippen LogP contribution in [0.2, 0.25) is 0 Å². The summed E-state index contributed by atoms with van der Waals surface area (Å²) in [6.45, 7) is 2.06. The van der Waals surface area contributed by atoms with Gasteiger partial charge in [0.1, 0.15) is 0 Å². The summed E-state index contributed by atoms with van der Waals surface area (Å²) in [5.41, 5.74) is 3.69. The topological polar surface area (TPSA) is 24.9 Å². The van der Waals surface area contributed by atoms with E-state index in [-0.39, 0.29) is 0 Å². The van der Waals surface area contributed by atoms with Crippen molar-refractivity contribution >= 4 is 11.3 Å². The molecule has 2 heterocycles. The fraction of sp³-hybridized carbons (Fsp3) is 0.308. The molecule has 0 aliphatic rings. The van der Waals surface area contributed by atoms with Crippen LogP contribution in [0.4, 0.5) is 0 Å². The molecule has 1 atom stereocenters. The van der Waals surface area contributed by atoms with Crippen molar-refractivity contribution in [2.45, 2.75) is 19.4 Å². The van der Waals surface area contributed by atoms with Gasteiger partial charge in [0.05, 0.1) is 0 Å². The first-order valence-corrected chi connectivity index (χ1v) is 6.35. The molecule has 2 nitrogen and oxygen atoms in total. The van der Waals surface area contributed by atoms with Crippen LogP contribution in [0.3, 0.4) is 0 Å². The highest BCUT2D eigenvalue weighted by molar-refractivity contribution is 7.07. The van der Waals surface area contributed by atoms with Gasteiger partial charge in [0.25, 0.3) is 0 Å². The van der Waals surface area contributed by atoms with Gasteiger partial charge < -0.3 is 5.32 Å². The second-order valence-corrected chi connectivity index (χ2v) is 4.71. The van der Waals surface area contributed by atoms with E-state index < -0.39 is 0 Å². The lowest BCUT2D eigenvalue weighted by Gasteiger charge is -2.14. The van der Waals surface area contributed by atoms with Crippen molar-refractivity contribution in [3.05, 3.63) is 52.0 Å². The standard InChI is InChI=1S/C13H16N2S/c1-10-3-4-12(15-8-10)7-13(14-2)11-5-6-16-9-11/h3-6,8-9,13-14H,7H2,1-2H3. The van der Waals surface area contributed by atoms with Crippen molar-refractivity contribution in [3.8, 4) is 0 Å². The van der Waals surface area contributed by atoms with Gasteiger partial charge in [-0.2, -0.15) is 11.3 Å². The number of aromatic nitrogens is 1. The van der Waals surface area contributed by atoms with Gasteiger partial charge in [-0.1, -0.05) is 6.07 Å². The minimum Gasteiger partial charge on any atom is -0.313 e. The molecular weight excluding hydrogens is 216 g/mol. The summed E-state index contributed by atoms with van der Waals surface area (Å²) < 4.78 is 0. The maximum atomic E-state index is 4.44. The van der Waals surface area contributed by atoms with Crippen molar-refractivity contribution in [2.75, 3.05) is 7.05 Å². The van der Waals surface area contributed by atoms with Gasteiger partial charge in [-0.15, -0.1) is 0 Å². The highest BCUT2D eigenvalue weighted by Crippen LogP contribution is 2.19. The van der Waals surface area contributed by atoms with Crippen LogP contribution in [0.5, 0.6) is 0 Å². The van der Waals surface area contributed by atoms with E-state index in [4.69, 9.17) is 0 Å². The molecule has 0 amide bonds. The first-order valence-electron chi connectivity index (χ1n) is 5.40. The molecule has 3 heteroatoms. The Morgan fingerprint density at radius 2 is 2.25 bits per heavy atom. The Kier molecular flexibility index (Phi) is 3.70. The van der Waals surface area contributed by atoms with E-state index in [1.165, 1.54) is 11.1 Å². The average Bonchev–Trinajstić information content (AvgIpc) is 2.82. The number of rotatable bonds is 4. The summed E-state index contributed by atoms with van der Waals surface area (Å²) in [5.74, 6) is 0. The zero-order chi connectivity index (χ0) is 11.4. The van der Waals surface area contributed by atoms with Crippen LogP contribution in [-0.2, 0) is 6.42 Å². The summed E-state index contributed by atoms with van der Waals surface area (Å²) in [4.78, 5) is 4.44. The molecule has 0 radical (unpaired) electrons. The van der Waals surface area contributed by atoms with Crippen LogP contribution in [-0.4, -0.2) is 12.0 Å². The molecule has 0 aromatic carbocycles. The molecule has 2 rings (SSSR count). The number of nitrogens with zero attached hydrogens (tertiary/aromatic N) is 1. The van der Waals surface area contributed by atoms with Crippen molar-refractivity contribution in [3.63, 3.8) is 0 Å². The minimum absolute atomic E-state index is 0.362. The maximum absolute atomic E-state index is 4.44. The van der Waals surface area contributed by atoms with Crippen LogP contribution < -0.4 is 5.32 Å². The Labute approximate surface area is 100 Å². The molecule has 0 aliphatic carbocycles. The van der Waals surface area contributed by atoms with Crippen molar-refractivity contribution in [1.29, 1.82) is 0 Å². The molecule has 0 saturated carbocycles. The Morgan fingerprint density at radius 3 is 2.81 bits per heavy atom. The summed E-state index contributed by atoms with van der Waals surface area (Å²) in [5, 5.41) is 7.64. The first-order chi connectivity index (χ1) is 7.79. The highest BCUT2D eigenvalue weighted by Gasteiger charge is 2.10. The maximum Gasteiger partial charge on any atom is 0.0422 e. The summed E-state index contributed by atoms with van der Waals surface area (Å²) in [7, 11) is 2.00. The third kappa shape index (κ3) is 2.68. The minimum atomic E-state index is 0.362. The zero-order valence-electron chi connectivity index (χ0n) is 9.60. The predicted octanol–water partition coefficient (Wildman–Crippen LogP) is 2.95. The summed E-state index contributed by atoms with van der Waals surface area (Å²) in [6, 6.07) is 6.75. The first kappa shape index (κ1) is 11.3. The number of pyridine rings is 1. The lowest BCUT2D eigenvalue weighted by Crippen LogP contribution is -2.18. The van der Waals surface area contributed by atoms with E-state index in [0.29, 0.717) is 6.04 Å². The number of hydrogen-bond donors (Lipinski definition) is 1. The fourth-order valence-electron chi connectivity index (χ4n) is 1.69. The third-order valence-electron chi connectivity index (χ3n) is 2.68. The van der Waals surface area contributed by atoms with Gasteiger partial charge >= 0.3 is 0 Å². The van der Waals surface area contributed by atoms with E-state index in [0.717, 1.165) is 12.1 Å². The zero-order valence-corrected chi connectivity index (χ0v) is 10.4. The van der Waals surface area contributed by atoms with Gasteiger partial charge in [0, 0.05) is 24.4 Å². The van der Waals surface area contributed by atoms with Gasteiger partial charge in [0.2, 0.25) is 0 Å². The number of hydrogen-bond acceptors (Lipinski definition) is 3. The van der Waals surface area contributed by atoms with Crippen molar-refractivity contribution in [2.24, 2.45) is 0 Å². The van der Waals surface area contributed by atoms with E-state index in [9.17, 15) is 0 Å². The lowest BCUT2D eigenvalue weighted by atomic mass is 10.0. The van der Waals surface area contributed by atoms with Gasteiger partial charge in [-0.25, -0.2) is 0 Å². The number of nitrogens with one attached hydrogen (secondary N) is 1. The molecular formula is C13H16N2S. The van der Waals surface area contributed by atoms with Crippen molar-refractivity contribution in [1.82, 2.24) is 10.3 Å². The number of thiophene rings is 1. The number of likely N-dealkylation sites (N-methyl/N-ethyl adjacent to an activating group) is 1. The molecule has 1 N–H and O–H groups in total. The van der Waals surface area contributed by atoms with E-state index in [1.807, 2.05) is 13.2 Å². The average molecular weight is 232 g/mol. The summed E-state index contributed by atoms with van der Waals surface area (Å²) in [6.07, 6.45) is 2.86. The Balaban J connectivity index is 2.10. The fourth-order valence-corrected chi connectivity index (χ4v) is 2.40. The number of aryl methyl sites for hydroxylation is 1. The van der Waals surface area contributed by atoms with E-state index in [1.54, 1.807) is 11.3 Å². The lowest BCUT2D eigenvalue weighted by molar-refractivity contribution is 0.586. The van der Waals surface area contributed by atoms with E-state index >= 15 is 0 Å². The van der Waals surface area contributed by atoms with Crippen LogP contribution in [0.25, 0.3) is 0 Å². The molecule has 0 spiro atoms. The molecule has 16 heavy (non-hydrogen) atoms. The molecule has 2 aromatic heterocycles. The molecule has 0 fully saturated rings. The highest BCUT2D eigenvalue weighted by atomic mass is 32.1. The normalized spacial score (nSPS) is 12.6. The van der Waals surface area contributed by atoms with Gasteiger partial charge in [-0.3, -0.25) is 4.98 Å². The molecule has 0 saturated heterocycles. The third-order valence-corrected chi connectivity index (χ3v) is 3.38. The summed E-state index contributed by atoms with van der Waals surface area (Å²) >= 11 is 1.74. The van der Waals surface area contributed by atoms with E-state index in [2.05, 4.69) is 46.2 Å². The van der Waals surface area contributed by atoms with Gasteiger partial charge in [-0.05, 0) is 48.0 Å². The smallest absolute Gasteiger partial charge is 0.0422 e. The van der Waals surface area contributed by atoms with Crippen LogP contribution in [0.1, 0.15) is 22.9 Å². The quantitative estimate of drug-likeness (QED) is 0.876. The second kappa shape index (κ2) is 5.23. The molecule has 0 bridgehead atoms. The Hall–Kier alpha value is -1.19. The van der Waals surface area contributed by atoms with Gasteiger partial charge in [0.15, 0.2) is 0 Å². The predicted molar refractivity (Wildman–Crippen MR) is 68.8 cm³/mol. The Bertz CT molecular complexity index is 420. The van der Waals surface area contributed by atoms with Crippen LogP contribution in [0, 0.1) is 6.92 Å². The Morgan fingerprint density at radius 1 is 1.38 bits per heavy atom. The molecule has 2 aromatic rings. The molecule has 84 valence electrons. The molecule has 0 aliphatic heterocycles. The monoisotopic (exact) mass is 232 g/mol. The van der Waals surface area contributed by atoms with Crippen LogP contribution in [0.15, 0.2) is 35.2 Å². The molecule has 1 unspecified atom stereocenters. The SMILES string of the molecule is CNC(Cc1ccc(C)cn1)c1ccsc1. The van der Waals surface area contributed by atoms with Crippen LogP contribution >= 0.6 is 11.3 Å². The second-order valence-electron chi connectivity index (χ2n) is 3.93.